The molecule has 1 aromatic heterocycles. The van der Waals surface area contributed by atoms with Crippen molar-refractivity contribution in [3.8, 4) is 0 Å². The van der Waals surface area contributed by atoms with Crippen LogP contribution in [-0.4, -0.2) is 77.0 Å². The fourth-order valence-corrected chi connectivity index (χ4v) is 4.30. The number of rotatable bonds is 8. The highest BCUT2D eigenvalue weighted by Gasteiger charge is 2.47. The number of methoxy groups -OCH3 is 1. The Morgan fingerprint density at radius 2 is 2.19 bits per heavy atom. The maximum Gasteiger partial charge on any atom is 0.320 e. The van der Waals surface area contributed by atoms with Crippen molar-refractivity contribution in [2.45, 2.75) is 51.6 Å². The summed E-state index contributed by atoms with van der Waals surface area (Å²) in [6.07, 6.45) is 4.49. The normalized spacial score (nSPS) is 23.7. The maximum absolute atomic E-state index is 11.6. The van der Waals surface area contributed by atoms with Gasteiger partial charge in [0.1, 0.15) is 6.04 Å². The molecule has 2 saturated heterocycles. The molecule has 0 aliphatic carbocycles. The summed E-state index contributed by atoms with van der Waals surface area (Å²) < 4.78 is 10.4. The molecule has 1 spiro atoms. The van der Waals surface area contributed by atoms with Crippen LogP contribution in [0.15, 0.2) is 4.52 Å². The van der Waals surface area contributed by atoms with Gasteiger partial charge >= 0.3 is 5.97 Å². The van der Waals surface area contributed by atoms with Crippen LogP contribution in [0, 0.1) is 5.41 Å². The van der Waals surface area contributed by atoms with Gasteiger partial charge in [-0.05, 0) is 50.7 Å². The molecule has 2 aliphatic heterocycles. The largest absolute Gasteiger partial charge is 0.480 e. The highest BCUT2D eigenvalue weighted by molar-refractivity contribution is 5.74. The second kappa shape index (κ2) is 8.45. The lowest BCUT2D eigenvalue weighted by molar-refractivity contribution is -0.142. The highest BCUT2D eigenvalue weighted by atomic mass is 16.5. The van der Waals surface area contributed by atoms with Gasteiger partial charge in [0, 0.05) is 20.1 Å². The van der Waals surface area contributed by atoms with E-state index < -0.39 is 5.97 Å². The number of nitrogens with zero attached hydrogens (tertiary/aromatic N) is 4. The first kappa shape index (κ1) is 19.3. The minimum Gasteiger partial charge on any atom is -0.480 e. The maximum atomic E-state index is 11.6. The molecule has 0 aromatic carbocycles. The van der Waals surface area contributed by atoms with E-state index >= 15 is 0 Å². The number of carboxylic acid groups (broad SMARTS) is 1. The van der Waals surface area contributed by atoms with Gasteiger partial charge in [-0.2, -0.15) is 4.98 Å². The van der Waals surface area contributed by atoms with Gasteiger partial charge in [0.15, 0.2) is 5.82 Å². The topological polar surface area (TPSA) is 91.9 Å². The Hall–Kier alpha value is -1.51. The zero-order chi connectivity index (χ0) is 18.6. The van der Waals surface area contributed by atoms with Crippen LogP contribution in [0.2, 0.25) is 0 Å². The first-order valence-corrected chi connectivity index (χ1v) is 9.55. The molecule has 0 bridgehead atoms. The molecule has 146 valence electrons. The SMILES string of the molecule is CCCN1CC2(CCN(Cc3nc(CCOC)no3)CC2)C[C@@H]1C(=O)O. The van der Waals surface area contributed by atoms with Crippen LogP contribution in [0.3, 0.4) is 0 Å². The van der Waals surface area contributed by atoms with Crippen LogP contribution in [-0.2, 0) is 22.5 Å². The van der Waals surface area contributed by atoms with E-state index in [0.29, 0.717) is 31.3 Å². The number of aromatic nitrogens is 2. The molecule has 8 heteroatoms. The number of hydrogen-bond acceptors (Lipinski definition) is 7. The Kier molecular flexibility index (Phi) is 6.26. The van der Waals surface area contributed by atoms with Gasteiger partial charge < -0.3 is 14.4 Å². The van der Waals surface area contributed by atoms with Crippen molar-refractivity contribution in [3.05, 3.63) is 11.7 Å². The summed E-state index contributed by atoms with van der Waals surface area (Å²) in [5.74, 6) is 0.660. The molecule has 0 saturated carbocycles. The van der Waals surface area contributed by atoms with Crippen LogP contribution in [0.5, 0.6) is 0 Å². The average molecular weight is 366 g/mol. The highest BCUT2D eigenvalue weighted by Crippen LogP contribution is 2.43. The van der Waals surface area contributed by atoms with E-state index in [2.05, 4.69) is 26.9 Å². The van der Waals surface area contributed by atoms with Crippen LogP contribution in [0.1, 0.15) is 44.3 Å². The third-order valence-corrected chi connectivity index (χ3v) is 5.72. The predicted molar refractivity (Wildman–Crippen MR) is 94.7 cm³/mol. The third-order valence-electron chi connectivity index (χ3n) is 5.72. The Morgan fingerprint density at radius 3 is 2.85 bits per heavy atom. The Labute approximate surface area is 154 Å². The summed E-state index contributed by atoms with van der Waals surface area (Å²) in [6, 6.07) is -0.319. The summed E-state index contributed by atoms with van der Waals surface area (Å²) in [5.41, 5.74) is 0.146. The van der Waals surface area contributed by atoms with Gasteiger partial charge in [-0.1, -0.05) is 12.1 Å². The zero-order valence-electron chi connectivity index (χ0n) is 15.8. The number of aliphatic carboxylic acids is 1. The van der Waals surface area contributed by atoms with Gasteiger partial charge in [0.2, 0.25) is 5.89 Å². The Balaban J connectivity index is 1.52. The van der Waals surface area contributed by atoms with E-state index in [0.717, 1.165) is 51.9 Å². The van der Waals surface area contributed by atoms with Crippen molar-refractivity contribution in [2.24, 2.45) is 5.41 Å². The summed E-state index contributed by atoms with van der Waals surface area (Å²) in [4.78, 5) is 20.5. The molecule has 0 unspecified atom stereocenters. The molecular weight excluding hydrogens is 336 g/mol. The van der Waals surface area contributed by atoms with Crippen LogP contribution in [0.25, 0.3) is 0 Å². The van der Waals surface area contributed by atoms with Gasteiger partial charge in [-0.15, -0.1) is 0 Å². The number of carbonyl (C=O) groups is 1. The van der Waals surface area contributed by atoms with Crippen molar-refractivity contribution < 1.29 is 19.2 Å². The summed E-state index contributed by atoms with van der Waals surface area (Å²) in [5, 5.41) is 13.5. The lowest BCUT2D eigenvalue weighted by Crippen LogP contribution is -2.41. The fraction of sp³-hybridized carbons (Fsp3) is 0.833. The van der Waals surface area contributed by atoms with E-state index in [1.54, 1.807) is 7.11 Å². The Bertz CT molecular complexity index is 598. The van der Waals surface area contributed by atoms with Crippen molar-refractivity contribution in [1.29, 1.82) is 0 Å². The number of piperidine rings is 1. The van der Waals surface area contributed by atoms with E-state index in [1.165, 1.54) is 0 Å². The number of hydrogen-bond donors (Lipinski definition) is 1. The van der Waals surface area contributed by atoms with E-state index in [-0.39, 0.29) is 11.5 Å². The minimum atomic E-state index is -0.674. The molecule has 26 heavy (non-hydrogen) atoms. The van der Waals surface area contributed by atoms with Crippen molar-refractivity contribution in [2.75, 3.05) is 39.9 Å². The van der Waals surface area contributed by atoms with Gasteiger partial charge in [-0.3, -0.25) is 14.6 Å². The average Bonchev–Trinajstić information content (AvgIpc) is 3.21. The van der Waals surface area contributed by atoms with Crippen LogP contribution >= 0.6 is 0 Å². The molecule has 0 amide bonds. The van der Waals surface area contributed by atoms with Gasteiger partial charge in [-0.25, -0.2) is 0 Å². The van der Waals surface area contributed by atoms with Gasteiger partial charge in [0.05, 0.1) is 13.2 Å². The molecule has 0 radical (unpaired) electrons. The third kappa shape index (κ3) is 4.42. The van der Waals surface area contributed by atoms with Gasteiger partial charge in [0.25, 0.3) is 0 Å². The number of ether oxygens (including phenoxy) is 1. The van der Waals surface area contributed by atoms with Crippen LogP contribution < -0.4 is 0 Å². The summed E-state index contributed by atoms with van der Waals surface area (Å²) in [7, 11) is 1.66. The second-order valence-corrected chi connectivity index (χ2v) is 7.65. The number of likely N-dealkylation sites (tertiary alicyclic amines) is 2. The smallest absolute Gasteiger partial charge is 0.320 e. The van der Waals surface area contributed by atoms with Crippen molar-refractivity contribution in [1.82, 2.24) is 19.9 Å². The molecule has 1 N–H and O–H groups in total. The second-order valence-electron chi connectivity index (χ2n) is 7.65. The minimum absolute atomic E-state index is 0.146. The van der Waals surface area contributed by atoms with Crippen molar-refractivity contribution >= 4 is 5.97 Å². The molecule has 2 fully saturated rings. The zero-order valence-corrected chi connectivity index (χ0v) is 15.8. The monoisotopic (exact) mass is 366 g/mol. The fourth-order valence-electron chi connectivity index (χ4n) is 4.30. The predicted octanol–water partition coefficient (Wildman–Crippen LogP) is 1.41. The lowest BCUT2D eigenvalue weighted by atomic mass is 9.76. The standard InChI is InChI=1S/C18H30N4O4/c1-3-7-22-13-18(11-14(22)17(23)24)5-8-21(9-6-18)12-16-19-15(20-26-16)4-10-25-2/h14H,3-13H2,1-2H3,(H,23,24)/t14-/m1/s1. The van der Waals surface area contributed by atoms with E-state index in [4.69, 9.17) is 9.26 Å². The van der Waals surface area contributed by atoms with E-state index in [1.807, 2.05) is 0 Å². The lowest BCUT2D eigenvalue weighted by Gasteiger charge is -2.38. The molecule has 1 atom stereocenters. The molecular formula is C18H30N4O4. The first-order valence-electron chi connectivity index (χ1n) is 9.55. The molecule has 8 nitrogen and oxygen atoms in total. The van der Waals surface area contributed by atoms with Crippen molar-refractivity contribution in [3.63, 3.8) is 0 Å². The summed E-state index contributed by atoms with van der Waals surface area (Å²) >= 11 is 0. The molecule has 1 aromatic rings. The molecule has 3 heterocycles. The quantitative estimate of drug-likeness (QED) is 0.738. The summed E-state index contributed by atoms with van der Waals surface area (Å²) in [6.45, 7) is 7.03. The molecule has 2 aliphatic rings. The van der Waals surface area contributed by atoms with Crippen LogP contribution in [0.4, 0.5) is 0 Å². The Morgan fingerprint density at radius 1 is 1.42 bits per heavy atom. The van der Waals surface area contributed by atoms with E-state index in [9.17, 15) is 9.90 Å². The number of carboxylic acids is 1. The molecule has 3 rings (SSSR count). The first-order chi connectivity index (χ1) is 12.5.